The highest BCUT2D eigenvalue weighted by Crippen LogP contribution is 2.26. The molecule has 0 spiro atoms. The van der Waals surface area contributed by atoms with Gasteiger partial charge in [-0.15, -0.1) is 10.2 Å². The molecular weight excluding hydrogens is 364 g/mol. The number of hydrogen-bond donors (Lipinski definition) is 2. The van der Waals surface area contributed by atoms with Gasteiger partial charge in [-0.1, -0.05) is 45.8 Å². The summed E-state index contributed by atoms with van der Waals surface area (Å²) in [6, 6.07) is 5.24. The minimum atomic E-state index is -0.323. The number of hydrogen-bond acceptors (Lipinski definition) is 5. The van der Waals surface area contributed by atoms with Crippen molar-refractivity contribution in [2.24, 2.45) is 0 Å². The molecule has 0 saturated heterocycles. The number of rotatable bonds is 5. The SMILES string of the molecule is CCCNc1nnc(C(=O)Nc2ccc(Br)cc2Cl)s1. The number of amides is 1. The van der Waals surface area contributed by atoms with Crippen molar-refractivity contribution >= 4 is 55.6 Å². The summed E-state index contributed by atoms with van der Waals surface area (Å²) in [5, 5.41) is 15.0. The van der Waals surface area contributed by atoms with Crippen molar-refractivity contribution in [2.75, 3.05) is 17.2 Å². The highest BCUT2D eigenvalue weighted by Gasteiger charge is 2.14. The van der Waals surface area contributed by atoms with E-state index in [9.17, 15) is 4.79 Å². The summed E-state index contributed by atoms with van der Waals surface area (Å²) in [7, 11) is 0. The van der Waals surface area contributed by atoms with Crippen LogP contribution in [-0.4, -0.2) is 22.6 Å². The monoisotopic (exact) mass is 374 g/mol. The fourth-order valence-electron chi connectivity index (χ4n) is 1.38. The lowest BCUT2D eigenvalue weighted by Gasteiger charge is -2.05. The number of nitrogens with one attached hydrogen (secondary N) is 2. The van der Waals surface area contributed by atoms with Gasteiger partial charge in [-0.05, 0) is 24.6 Å². The Morgan fingerprint density at radius 2 is 2.25 bits per heavy atom. The van der Waals surface area contributed by atoms with Gasteiger partial charge in [0.1, 0.15) is 0 Å². The lowest BCUT2D eigenvalue weighted by molar-refractivity contribution is 0.102. The van der Waals surface area contributed by atoms with Crippen LogP contribution in [0.2, 0.25) is 5.02 Å². The quantitative estimate of drug-likeness (QED) is 0.828. The third-order valence-electron chi connectivity index (χ3n) is 2.32. The third kappa shape index (κ3) is 3.91. The second-order valence-corrected chi connectivity index (χ2v) is 6.22. The molecule has 1 heterocycles. The second-order valence-electron chi connectivity index (χ2n) is 3.92. The number of halogens is 2. The molecule has 2 aromatic rings. The van der Waals surface area contributed by atoms with Gasteiger partial charge in [-0.25, -0.2) is 0 Å². The number of carbonyl (C=O) groups is 1. The van der Waals surface area contributed by atoms with Crippen LogP contribution in [-0.2, 0) is 0 Å². The fraction of sp³-hybridized carbons (Fsp3) is 0.250. The van der Waals surface area contributed by atoms with Crippen molar-refractivity contribution in [1.29, 1.82) is 0 Å². The molecule has 106 valence electrons. The molecule has 1 aromatic heterocycles. The molecule has 0 radical (unpaired) electrons. The number of aromatic nitrogens is 2. The van der Waals surface area contributed by atoms with Crippen LogP contribution in [0.3, 0.4) is 0 Å². The Hall–Kier alpha value is -1.18. The molecular formula is C12H12BrClN4OS. The van der Waals surface area contributed by atoms with E-state index in [4.69, 9.17) is 11.6 Å². The van der Waals surface area contributed by atoms with Crippen molar-refractivity contribution in [3.63, 3.8) is 0 Å². The molecule has 2 rings (SSSR count). The van der Waals surface area contributed by atoms with Gasteiger partial charge < -0.3 is 10.6 Å². The van der Waals surface area contributed by atoms with Gasteiger partial charge >= 0.3 is 0 Å². The lowest BCUT2D eigenvalue weighted by Crippen LogP contribution is -2.11. The second kappa shape index (κ2) is 7.01. The van der Waals surface area contributed by atoms with E-state index in [0.717, 1.165) is 17.4 Å². The maximum absolute atomic E-state index is 12.0. The zero-order chi connectivity index (χ0) is 14.5. The van der Waals surface area contributed by atoms with Crippen LogP contribution in [0.4, 0.5) is 10.8 Å². The summed E-state index contributed by atoms with van der Waals surface area (Å²) in [6.07, 6.45) is 0.982. The van der Waals surface area contributed by atoms with Crippen LogP contribution < -0.4 is 10.6 Å². The number of nitrogens with zero attached hydrogens (tertiary/aromatic N) is 2. The molecule has 0 bridgehead atoms. The van der Waals surface area contributed by atoms with E-state index in [1.54, 1.807) is 18.2 Å². The molecule has 5 nitrogen and oxygen atoms in total. The van der Waals surface area contributed by atoms with Gasteiger partial charge in [0.2, 0.25) is 10.1 Å². The van der Waals surface area contributed by atoms with E-state index in [1.165, 1.54) is 11.3 Å². The number of carbonyl (C=O) groups excluding carboxylic acids is 1. The van der Waals surface area contributed by atoms with E-state index in [1.807, 2.05) is 0 Å². The first-order valence-electron chi connectivity index (χ1n) is 5.94. The Kier molecular flexibility index (Phi) is 5.33. The van der Waals surface area contributed by atoms with Crippen molar-refractivity contribution < 1.29 is 4.79 Å². The maximum Gasteiger partial charge on any atom is 0.286 e. The largest absolute Gasteiger partial charge is 0.360 e. The smallest absolute Gasteiger partial charge is 0.286 e. The highest BCUT2D eigenvalue weighted by molar-refractivity contribution is 9.10. The first-order chi connectivity index (χ1) is 9.60. The van der Waals surface area contributed by atoms with Crippen molar-refractivity contribution in [1.82, 2.24) is 10.2 Å². The van der Waals surface area contributed by atoms with Gasteiger partial charge in [0, 0.05) is 11.0 Å². The Bertz CT molecular complexity index is 619. The topological polar surface area (TPSA) is 66.9 Å². The van der Waals surface area contributed by atoms with Crippen LogP contribution in [0.5, 0.6) is 0 Å². The normalized spacial score (nSPS) is 10.3. The first-order valence-corrected chi connectivity index (χ1v) is 7.92. The molecule has 20 heavy (non-hydrogen) atoms. The summed E-state index contributed by atoms with van der Waals surface area (Å²) in [6.45, 7) is 2.85. The lowest BCUT2D eigenvalue weighted by atomic mass is 10.3. The van der Waals surface area contributed by atoms with Crippen molar-refractivity contribution in [3.8, 4) is 0 Å². The van der Waals surface area contributed by atoms with Gasteiger partial charge in [0.25, 0.3) is 5.91 Å². The van der Waals surface area contributed by atoms with E-state index in [-0.39, 0.29) is 5.91 Å². The number of anilines is 2. The molecule has 0 aliphatic carbocycles. The summed E-state index contributed by atoms with van der Waals surface area (Å²) in [5.41, 5.74) is 0.540. The fourth-order valence-corrected chi connectivity index (χ4v) is 2.77. The molecule has 0 aliphatic heterocycles. The summed E-state index contributed by atoms with van der Waals surface area (Å²) in [5.74, 6) is -0.323. The van der Waals surface area contributed by atoms with Gasteiger partial charge in [-0.2, -0.15) is 0 Å². The van der Waals surface area contributed by atoms with Gasteiger partial charge in [0.15, 0.2) is 0 Å². The molecule has 8 heteroatoms. The molecule has 0 atom stereocenters. The van der Waals surface area contributed by atoms with Crippen LogP contribution in [0.1, 0.15) is 23.1 Å². The minimum Gasteiger partial charge on any atom is -0.360 e. The zero-order valence-corrected chi connectivity index (χ0v) is 13.8. The van der Waals surface area contributed by atoms with Gasteiger partial charge in [-0.3, -0.25) is 4.79 Å². The van der Waals surface area contributed by atoms with Gasteiger partial charge in [0.05, 0.1) is 10.7 Å². The van der Waals surface area contributed by atoms with Crippen LogP contribution in [0.25, 0.3) is 0 Å². The molecule has 0 fully saturated rings. The minimum absolute atomic E-state index is 0.294. The van der Waals surface area contributed by atoms with E-state index in [0.29, 0.717) is 20.8 Å². The maximum atomic E-state index is 12.0. The predicted molar refractivity (Wildman–Crippen MR) is 85.8 cm³/mol. The van der Waals surface area contributed by atoms with E-state index < -0.39 is 0 Å². The third-order valence-corrected chi connectivity index (χ3v) is 4.01. The Labute approximate surface area is 133 Å². The average Bonchev–Trinajstić information content (AvgIpc) is 2.88. The summed E-state index contributed by atoms with van der Waals surface area (Å²) in [4.78, 5) is 12.0. The first kappa shape index (κ1) is 15.2. The molecule has 1 amide bonds. The van der Waals surface area contributed by atoms with E-state index in [2.05, 4.69) is 43.7 Å². The van der Waals surface area contributed by atoms with Crippen LogP contribution in [0.15, 0.2) is 22.7 Å². The van der Waals surface area contributed by atoms with Crippen molar-refractivity contribution in [2.45, 2.75) is 13.3 Å². The zero-order valence-electron chi connectivity index (χ0n) is 10.6. The molecule has 0 aliphatic rings. The van der Waals surface area contributed by atoms with Crippen LogP contribution >= 0.6 is 38.9 Å². The summed E-state index contributed by atoms with van der Waals surface area (Å²) < 4.78 is 0.850. The van der Waals surface area contributed by atoms with E-state index >= 15 is 0 Å². The highest BCUT2D eigenvalue weighted by atomic mass is 79.9. The standard InChI is InChI=1S/C12H12BrClN4OS/c1-2-5-15-12-18-17-11(20-12)10(19)16-9-4-3-7(13)6-8(9)14/h3-4,6H,2,5H2,1H3,(H,15,18)(H,16,19). The molecule has 0 saturated carbocycles. The Balaban J connectivity index is 2.06. The Morgan fingerprint density at radius 3 is 2.95 bits per heavy atom. The molecule has 0 unspecified atom stereocenters. The predicted octanol–water partition coefficient (Wildman–Crippen LogP) is 4.03. The molecule has 1 aromatic carbocycles. The summed E-state index contributed by atoms with van der Waals surface area (Å²) >= 11 is 10.6. The Morgan fingerprint density at radius 1 is 1.45 bits per heavy atom. The van der Waals surface area contributed by atoms with Crippen LogP contribution in [0, 0.1) is 0 Å². The van der Waals surface area contributed by atoms with Crippen molar-refractivity contribution in [3.05, 3.63) is 32.7 Å². The number of benzene rings is 1. The average molecular weight is 376 g/mol. The molecule has 2 N–H and O–H groups in total.